The van der Waals surface area contributed by atoms with Crippen LogP contribution in [-0.4, -0.2) is 16.4 Å². The Morgan fingerprint density at radius 2 is 1.77 bits per heavy atom. The standard InChI is InChI=1S/C20H16ClNO3.K/c21-13-10-8-12(9-11-13)19(23)22-16-6-2-1-4-14(16)18-15(20(24)25)5-3-7-17(18)22;/h1-2,4,6,8-11,15H,3,5,7H2,(H,24,25);/q;+1/p-1. The maximum absolute atomic E-state index is 13.1. The van der Waals surface area contributed by atoms with Crippen molar-refractivity contribution in [3.8, 4) is 0 Å². The molecule has 1 heterocycles. The number of aromatic nitrogens is 1. The van der Waals surface area contributed by atoms with Gasteiger partial charge in [0.15, 0.2) is 0 Å². The van der Waals surface area contributed by atoms with E-state index in [1.165, 1.54) is 0 Å². The summed E-state index contributed by atoms with van der Waals surface area (Å²) in [5.41, 5.74) is 2.76. The quantitative estimate of drug-likeness (QED) is 0.584. The van der Waals surface area contributed by atoms with Crippen molar-refractivity contribution in [2.45, 2.75) is 25.2 Å². The third kappa shape index (κ3) is 3.32. The van der Waals surface area contributed by atoms with Crippen LogP contribution in [0.2, 0.25) is 5.02 Å². The molecule has 0 spiro atoms. The molecule has 0 aliphatic heterocycles. The predicted molar refractivity (Wildman–Crippen MR) is 93.8 cm³/mol. The molecule has 1 unspecified atom stereocenters. The topological polar surface area (TPSA) is 62.1 Å². The second kappa shape index (κ2) is 7.96. The first-order valence-corrected chi connectivity index (χ1v) is 8.59. The van der Waals surface area contributed by atoms with Crippen LogP contribution in [0.1, 0.15) is 40.4 Å². The third-order valence-corrected chi connectivity index (χ3v) is 5.10. The molecule has 6 heteroatoms. The predicted octanol–water partition coefficient (Wildman–Crippen LogP) is 0.157. The van der Waals surface area contributed by atoms with Gasteiger partial charge in [-0.15, -0.1) is 0 Å². The fourth-order valence-corrected chi connectivity index (χ4v) is 3.89. The molecule has 0 radical (unpaired) electrons. The number of halogens is 1. The first-order valence-electron chi connectivity index (χ1n) is 8.21. The van der Waals surface area contributed by atoms with E-state index in [0.29, 0.717) is 23.4 Å². The van der Waals surface area contributed by atoms with E-state index in [-0.39, 0.29) is 57.3 Å². The minimum Gasteiger partial charge on any atom is -0.549 e. The maximum atomic E-state index is 13.1. The largest absolute Gasteiger partial charge is 1.00 e. The van der Waals surface area contributed by atoms with Gasteiger partial charge in [0.25, 0.3) is 5.91 Å². The number of carboxylic acids is 1. The van der Waals surface area contributed by atoms with Crippen LogP contribution in [0, 0.1) is 0 Å². The molecule has 4 rings (SSSR count). The Hall–Kier alpha value is -0.954. The van der Waals surface area contributed by atoms with Gasteiger partial charge in [0, 0.05) is 33.6 Å². The monoisotopic (exact) mass is 391 g/mol. The molecule has 1 aliphatic carbocycles. The molecule has 0 fully saturated rings. The zero-order valence-corrected chi connectivity index (χ0v) is 18.2. The Bertz CT molecular complexity index is 994. The van der Waals surface area contributed by atoms with E-state index in [1.54, 1.807) is 28.8 Å². The van der Waals surface area contributed by atoms with Crippen LogP contribution in [0.3, 0.4) is 0 Å². The van der Waals surface area contributed by atoms with E-state index < -0.39 is 11.9 Å². The van der Waals surface area contributed by atoms with Crippen LogP contribution in [0.15, 0.2) is 48.5 Å². The first kappa shape index (κ1) is 19.8. The fourth-order valence-electron chi connectivity index (χ4n) is 3.76. The molecule has 0 N–H and O–H groups in total. The molecule has 0 saturated heterocycles. The van der Waals surface area contributed by atoms with Crippen molar-refractivity contribution in [1.29, 1.82) is 0 Å². The van der Waals surface area contributed by atoms with Crippen LogP contribution in [0.5, 0.6) is 0 Å². The molecule has 0 saturated carbocycles. The van der Waals surface area contributed by atoms with E-state index in [2.05, 4.69) is 0 Å². The Labute approximate surface area is 198 Å². The van der Waals surface area contributed by atoms with Crippen molar-refractivity contribution in [2.75, 3.05) is 0 Å². The number of carboxylic acid groups (broad SMARTS) is 1. The maximum Gasteiger partial charge on any atom is 1.00 e. The molecular weight excluding hydrogens is 377 g/mol. The van der Waals surface area contributed by atoms with Gasteiger partial charge in [-0.25, -0.2) is 0 Å². The number of fused-ring (bicyclic) bond motifs is 3. The summed E-state index contributed by atoms with van der Waals surface area (Å²) in [7, 11) is 0. The number of aliphatic carboxylic acids is 1. The molecule has 3 aromatic rings. The summed E-state index contributed by atoms with van der Waals surface area (Å²) in [6, 6.07) is 14.2. The van der Waals surface area contributed by atoms with Gasteiger partial charge in [0.2, 0.25) is 0 Å². The average Bonchev–Trinajstić information content (AvgIpc) is 2.96. The number of rotatable bonds is 2. The average molecular weight is 392 g/mol. The van der Waals surface area contributed by atoms with Crippen molar-refractivity contribution in [1.82, 2.24) is 4.57 Å². The van der Waals surface area contributed by atoms with Crippen LogP contribution in [-0.2, 0) is 11.2 Å². The second-order valence-corrected chi connectivity index (χ2v) is 6.73. The van der Waals surface area contributed by atoms with Gasteiger partial charge in [-0.05, 0) is 55.2 Å². The molecule has 0 bridgehead atoms. The normalized spacial score (nSPS) is 16.0. The van der Waals surface area contributed by atoms with Crippen molar-refractivity contribution < 1.29 is 66.1 Å². The van der Waals surface area contributed by atoms with Crippen molar-refractivity contribution in [3.63, 3.8) is 0 Å². The molecule has 0 amide bonds. The minimum atomic E-state index is -1.08. The number of hydrogen-bond donors (Lipinski definition) is 0. The number of para-hydroxylation sites is 1. The zero-order chi connectivity index (χ0) is 17.6. The van der Waals surface area contributed by atoms with Crippen LogP contribution < -0.4 is 56.5 Å². The minimum absolute atomic E-state index is 0. The Morgan fingerprint density at radius 3 is 2.46 bits per heavy atom. The first-order chi connectivity index (χ1) is 12.1. The molecule has 1 aliphatic rings. The van der Waals surface area contributed by atoms with Gasteiger partial charge in [-0.2, -0.15) is 0 Å². The SMILES string of the molecule is O=C([O-])C1CCCc2c1c1ccccc1n2C(=O)c1ccc(Cl)cc1.[K+]. The number of carbonyl (C=O) groups is 2. The number of hydrogen-bond acceptors (Lipinski definition) is 3. The van der Waals surface area contributed by atoms with Crippen molar-refractivity contribution >= 4 is 34.4 Å². The van der Waals surface area contributed by atoms with Gasteiger partial charge in [-0.3, -0.25) is 9.36 Å². The number of benzene rings is 2. The third-order valence-electron chi connectivity index (χ3n) is 4.85. The molecule has 26 heavy (non-hydrogen) atoms. The van der Waals surface area contributed by atoms with Gasteiger partial charge >= 0.3 is 51.4 Å². The van der Waals surface area contributed by atoms with Crippen molar-refractivity contribution in [2.24, 2.45) is 0 Å². The van der Waals surface area contributed by atoms with Crippen LogP contribution >= 0.6 is 11.6 Å². The zero-order valence-electron chi connectivity index (χ0n) is 14.4. The Morgan fingerprint density at radius 1 is 1.08 bits per heavy atom. The van der Waals surface area contributed by atoms with Gasteiger partial charge in [0.05, 0.1) is 5.52 Å². The van der Waals surface area contributed by atoms with E-state index in [4.69, 9.17) is 11.6 Å². The Kier molecular flexibility index (Phi) is 6.06. The molecule has 126 valence electrons. The van der Waals surface area contributed by atoms with E-state index in [0.717, 1.165) is 28.6 Å². The summed E-state index contributed by atoms with van der Waals surface area (Å²) >= 11 is 5.92. The van der Waals surface area contributed by atoms with Crippen LogP contribution in [0.25, 0.3) is 10.9 Å². The van der Waals surface area contributed by atoms with Crippen molar-refractivity contribution in [3.05, 3.63) is 70.4 Å². The van der Waals surface area contributed by atoms with E-state index >= 15 is 0 Å². The van der Waals surface area contributed by atoms with Crippen LogP contribution in [0.4, 0.5) is 0 Å². The van der Waals surface area contributed by atoms with Gasteiger partial charge < -0.3 is 9.90 Å². The summed E-state index contributed by atoms with van der Waals surface area (Å²) in [5, 5.41) is 13.0. The number of nitrogens with zero attached hydrogens (tertiary/aromatic N) is 1. The molecule has 1 atom stereocenters. The van der Waals surface area contributed by atoms with Gasteiger partial charge in [-0.1, -0.05) is 29.8 Å². The summed E-state index contributed by atoms with van der Waals surface area (Å²) in [6.07, 6.45) is 1.93. The summed E-state index contributed by atoms with van der Waals surface area (Å²) in [6.45, 7) is 0. The summed E-state index contributed by atoms with van der Waals surface area (Å²) in [5.74, 6) is -1.93. The van der Waals surface area contributed by atoms with Gasteiger partial charge in [0.1, 0.15) is 0 Å². The summed E-state index contributed by atoms with van der Waals surface area (Å²) < 4.78 is 1.66. The van der Waals surface area contributed by atoms with E-state index in [9.17, 15) is 14.7 Å². The Balaban J connectivity index is 0.00000196. The van der Waals surface area contributed by atoms with E-state index in [1.807, 2.05) is 24.3 Å². The molecular formula is C20H15ClKNO3. The second-order valence-electron chi connectivity index (χ2n) is 6.29. The fraction of sp³-hybridized carbons (Fsp3) is 0.200. The summed E-state index contributed by atoms with van der Waals surface area (Å²) in [4.78, 5) is 24.8. The molecule has 4 nitrogen and oxygen atoms in total. The molecule has 1 aromatic heterocycles. The smallest absolute Gasteiger partial charge is 0.549 e. The molecule has 2 aromatic carbocycles. The number of carbonyl (C=O) groups excluding carboxylic acids is 2.